The van der Waals surface area contributed by atoms with Crippen LogP contribution in [-0.4, -0.2) is 39.1 Å². The van der Waals surface area contributed by atoms with E-state index in [2.05, 4.69) is 15.2 Å². The fourth-order valence-electron chi connectivity index (χ4n) is 2.54. The van der Waals surface area contributed by atoms with Gasteiger partial charge in [0.25, 0.3) is 11.5 Å². The number of thiophene rings is 1. The highest BCUT2D eigenvalue weighted by Gasteiger charge is 2.33. The number of likely N-dealkylation sites (tertiary alicyclic amines) is 1. The van der Waals surface area contributed by atoms with Crippen molar-refractivity contribution >= 4 is 27.5 Å². The number of nitrogens with one attached hydrogen (secondary N) is 3. The molecule has 3 aromatic rings. The number of fused-ring (bicyclic) bond motifs is 1. The molecule has 20 heavy (non-hydrogen) atoms. The Morgan fingerprint density at radius 1 is 1.30 bits per heavy atom. The number of carbonyl (C=O) groups is 1. The number of hydrogen-bond donors (Lipinski definition) is 3. The van der Waals surface area contributed by atoms with Crippen LogP contribution in [0.2, 0.25) is 0 Å². The Morgan fingerprint density at radius 2 is 2.15 bits per heavy atom. The summed E-state index contributed by atoms with van der Waals surface area (Å²) in [4.78, 5) is 29.3. The highest BCUT2D eigenvalue weighted by molar-refractivity contribution is 7.16. The second kappa shape index (κ2) is 4.11. The van der Waals surface area contributed by atoms with Crippen LogP contribution in [0.15, 0.2) is 28.4 Å². The van der Waals surface area contributed by atoms with E-state index >= 15 is 0 Å². The minimum Gasteiger partial charge on any atom is -0.342 e. The zero-order valence-corrected chi connectivity index (χ0v) is 11.3. The van der Waals surface area contributed by atoms with E-state index in [1.54, 1.807) is 22.3 Å². The Kier molecular flexibility index (Phi) is 2.37. The van der Waals surface area contributed by atoms with Crippen LogP contribution in [0.1, 0.15) is 22.1 Å². The number of hydrogen-bond acceptors (Lipinski definition) is 3. The molecular formula is C13H12N4O2S. The van der Waals surface area contributed by atoms with E-state index in [4.69, 9.17) is 0 Å². The first-order chi connectivity index (χ1) is 9.70. The molecule has 7 heteroatoms. The zero-order valence-electron chi connectivity index (χ0n) is 10.5. The summed E-state index contributed by atoms with van der Waals surface area (Å²) in [5.41, 5.74) is 1.37. The number of carbonyl (C=O) groups excluding carboxylic acids is 1. The quantitative estimate of drug-likeness (QED) is 0.667. The average Bonchev–Trinajstić information content (AvgIpc) is 3.01. The molecule has 3 N–H and O–H groups in total. The zero-order chi connectivity index (χ0) is 13.7. The van der Waals surface area contributed by atoms with Crippen molar-refractivity contribution in [1.29, 1.82) is 0 Å². The summed E-state index contributed by atoms with van der Waals surface area (Å²) >= 11 is 1.59. The van der Waals surface area contributed by atoms with Crippen molar-refractivity contribution in [2.24, 2.45) is 0 Å². The third kappa shape index (κ3) is 1.70. The Morgan fingerprint density at radius 3 is 2.85 bits per heavy atom. The molecule has 6 nitrogen and oxygen atoms in total. The van der Waals surface area contributed by atoms with Gasteiger partial charge in [0.15, 0.2) is 0 Å². The molecule has 0 aliphatic carbocycles. The van der Waals surface area contributed by atoms with Crippen LogP contribution < -0.4 is 5.56 Å². The topological polar surface area (TPSA) is 84.8 Å². The van der Waals surface area contributed by atoms with E-state index in [-0.39, 0.29) is 17.4 Å². The van der Waals surface area contributed by atoms with Crippen LogP contribution >= 0.6 is 11.3 Å². The van der Waals surface area contributed by atoms with Gasteiger partial charge in [0, 0.05) is 36.2 Å². The molecule has 1 aliphatic heterocycles. The molecule has 3 aromatic heterocycles. The smallest absolute Gasteiger partial charge is 0.270 e. The maximum atomic E-state index is 12.3. The van der Waals surface area contributed by atoms with Crippen LogP contribution in [0.4, 0.5) is 0 Å². The summed E-state index contributed by atoms with van der Waals surface area (Å²) in [6.45, 7) is 1.28. The second-order valence-corrected chi connectivity index (χ2v) is 5.93. The van der Waals surface area contributed by atoms with E-state index < -0.39 is 0 Å². The average molecular weight is 288 g/mol. The lowest BCUT2D eigenvalue weighted by molar-refractivity contribution is 0.0593. The van der Waals surface area contributed by atoms with Gasteiger partial charge in [-0.15, -0.1) is 11.3 Å². The maximum Gasteiger partial charge on any atom is 0.270 e. The van der Waals surface area contributed by atoms with Gasteiger partial charge in [-0.1, -0.05) is 0 Å². The van der Waals surface area contributed by atoms with Gasteiger partial charge in [-0.05, 0) is 17.5 Å². The minimum atomic E-state index is -0.130. The lowest BCUT2D eigenvalue weighted by atomic mass is 9.96. The molecule has 0 unspecified atom stereocenters. The molecule has 0 aromatic carbocycles. The van der Waals surface area contributed by atoms with Crippen LogP contribution in [0, 0.1) is 0 Å². The molecule has 4 rings (SSSR count). The molecular weight excluding hydrogens is 276 g/mol. The highest BCUT2D eigenvalue weighted by atomic mass is 32.1. The first kappa shape index (κ1) is 11.5. The Hall–Kier alpha value is -2.28. The molecule has 1 amide bonds. The van der Waals surface area contributed by atoms with Gasteiger partial charge in [0.05, 0.1) is 0 Å². The van der Waals surface area contributed by atoms with Gasteiger partial charge >= 0.3 is 0 Å². The van der Waals surface area contributed by atoms with Gasteiger partial charge in [0.2, 0.25) is 0 Å². The monoisotopic (exact) mass is 288 g/mol. The fraction of sp³-hybridized carbons (Fsp3) is 0.231. The van der Waals surface area contributed by atoms with Crippen molar-refractivity contribution in [2.75, 3.05) is 13.1 Å². The number of nitrogens with zero attached hydrogens (tertiary/aromatic N) is 1. The molecule has 4 heterocycles. The van der Waals surface area contributed by atoms with Crippen LogP contribution in [0.25, 0.3) is 10.2 Å². The molecule has 1 aliphatic rings. The lowest BCUT2D eigenvalue weighted by Gasteiger charge is -2.38. The fourth-order valence-corrected chi connectivity index (χ4v) is 3.32. The van der Waals surface area contributed by atoms with Crippen LogP contribution in [0.5, 0.6) is 0 Å². The third-order valence-corrected chi connectivity index (χ3v) is 4.54. The van der Waals surface area contributed by atoms with E-state index in [0.717, 1.165) is 15.9 Å². The van der Waals surface area contributed by atoms with Crippen molar-refractivity contribution in [3.05, 3.63) is 45.3 Å². The van der Waals surface area contributed by atoms with Crippen molar-refractivity contribution in [2.45, 2.75) is 5.92 Å². The highest BCUT2D eigenvalue weighted by Crippen LogP contribution is 2.28. The van der Waals surface area contributed by atoms with E-state index in [9.17, 15) is 9.59 Å². The summed E-state index contributed by atoms with van der Waals surface area (Å²) in [5.74, 6) is 0.233. The van der Waals surface area contributed by atoms with Crippen molar-refractivity contribution in [3.63, 3.8) is 0 Å². The molecule has 0 bridgehead atoms. The predicted molar refractivity (Wildman–Crippen MR) is 76.2 cm³/mol. The third-order valence-electron chi connectivity index (χ3n) is 3.70. The van der Waals surface area contributed by atoms with Crippen LogP contribution in [0.3, 0.4) is 0 Å². The standard InChI is InChI=1S/C13H12N4O2S/c18-11-4-9(15-16-11)8-5-17(6-8)13(19)10-3-7-1-2-20-12(7)14-10/h1-4,8,14H,5-6H2,(H2,15,16,18). The molecule has 0 atom stereocenters. The SMILES string of the molecule is O=C(c1cc2ccsc2[nH]1)N1CC(c2cc(=O)[nH][nH]2)C1. The van der Waals surface area contributed by atoms with Crippen molar-refractivity contribution in [3.8, 4) is 0 Å². The molecule has 102 valence electrons. The summed E-state index contributed by atoms with van der Waals surface area (Å²) in [6.07, 6.45) is 0. The molecule has 0 saturated carbocycles. The molecule has 0 spiro atoms. The number of aromatic amines is 3. The summed E-state index contributed by atoms with van der Waals surface area (Å²) in [5, 5.41) is 8.43. The van der Waals surface area contributed by atoms with Gasteiger partial charge in [-0.2, -0.15) is 0 Å². The van der Waals surface area contributed by atoms with Crippen LogP contribution in [-0.2, 0) is 0 Å². The predicted octanol–water partition coefficient (Wildman–Crippen LogP) is 1.49. The molecule has 0 radical (unpaired) electrons. The summed E-state index contributed by atoms with van der Waals surface area (Å²) < 4.78 is 0. The molecule has 1 saturated heterocycles. The Labute approximate surface area is 117 Å². The van der Waals surface area contributed by atoms with Crippen molar-refractivity contribution in [1.82, 2.24) is 20.1 Å². The second-order valence-electron chi connectivity index (χ2n) is 5.01. The van der Waals surface area contributed by atoms with Gasteiger partial charge in [-0.25, -0.2) is 0 Å². The van der Waals surface area contributed by atoms with Gasteiger partial charge < -0.3 is 15.0 Å². The van der Waals surface area contributed by atoms with E-state index in [1.807, 2.05) is 17.5 Å². The number of H-pyrrole nitrogens is 3. The summed E-state index contributed by atoms with van der Waals surface area (Å²) in [6, 6.07) is 5.44. The Bertz CT molecular complexity index is 805. The minimum absolute atomic E-state index is 0.0162. The largest absolute Gasteiger partial charge is 0.342 e. The normalized spacial score (nSPS) is 15.7. The summed E-state index contributed by atoms with van der Waals surface area (Å²) in [7, 11) is 0. The van der Waals surface area contributed by atoms with Gasteiger partial charge in [0.1, 0.15) is 10.5 Å². The first-order valence-corrected chi connectivity index (χ1v) is 7.22. The first-order valence-electron chi connectivity index (χ1n) is 6.34. The lowest BCUT2D eigenvalue weighted by Crippen LogP contribution is -2.48. The van der Waals surface area contributed by atoms with Crippen molar-refractivity contribution < 1.29 is 4.79 Å². The molecule has 1 fully saturated rings. The van der Waals surface area contributed by atoms with Gasteiger partial charge in [-0.3, -0.25) is 14.7 Å². The Balaban J connectivity index is 1.48. The van der Waals surface area contributed by atoms with E-state index in [0.29, 0.717) is 18.8 Å². The van der Waals surface area contributed by atoms with E-state index in [1.165, 1.54) is 0 Å². The number of rotatable bonds is 2. The number of aromatic nitrogens is 3. The maximum absolute atomic E-state index is 12.3. The number of amides is 1.